The molecule has 0 saturated carbocycles. The SMILES string of the molecule is CC(=Nc1c(C)ncnc1N1CCc2cc(F)ccc21)C(=O)N(C)C. The normalized spacial score (nSPS) is 13.8. The fraction of sp³-hybridized carbons (Fsp3) is 0.333. The molecule has 1 aromatic heterocycles. The van der Waals surface area contributed by atoms with Crippen molar-refractivity contribution in [2.75, 3.05) is 25.5 Å². The number of benzene rings is 1. The lowest BCUT2D eigenvalue weighted by Gasteiger charge is -2.21. The van der Waals surface area contributed by atoms with Crippen LogP contribution >= 0.6 is 0 Å². The van der Waals surface area contributed by atoms with Crippen LogP contribution in [0.3, 0.4) is 0 Å². The Morgan fingerprint density at radius 3 is 2.80 bits per heavy atom. The van der Waals surface area contributed by atoms with Gasteiger partial charge >= 0.3 is 0 Å². The number of aliphatic imine (C=N–C) groups is 1. The number of amides is 1. The van der Waals surface area contributed by atoms with Crippen molar-refractivity contribution < 1.29 is 9.18 Å². The Bertz CT molecular complexity index is 863. The lowest BCUT2D eigenvalue weighted by Crippen LogP contribution is -2.28. The van der Waals surface area contributed by atoms with E-state index in [1.165, 1.54) is 17.3 Å². The van der Waals surface area contributed by atoms with Crippen LogP contribution in [0.2, 0.25) is 0 Å². The van der Waals surface area contributed by atoms with Crippen molar-refractivity contribution >= 4 is 28.8 Å². The standard InChI is InChI=1S/C18H20FN5O/c1-11-16(22-12(2)18(25)23(3)4)17(21-10-20-11)24-8-7-13-9-14(19)5-6-15(13)24/h5-6,9-10H,7-8H2,1-4H3. The van der Waals surface area contributed by atoms with Crippen LogP contribution in [-0.2, 0) is 11.2 Å². The summed E-state index contributed by atoms with van der Waals surface area (Å²) in [5, 5.41) is 0. The minimum absolute atomic E-state index is 0.168. The molecule has 0 N–H and O–H groups in total. The third kappa shape index (κ3) is 3.22. The van der Waals surface area contributed by atoms with Crippen LogP contribution in [-0.4, -0.2) is 47.1 Å². The number of aromatic nitrogens is 2. The van der Waals surface area contributed by atoms with E-state index in [4.69, 9.17) is 0 Å². The predicted molar refractivity (Wildman–Crippen MR) is 95.3 cm³/mol. The Morgan fingerprint density at radius 2 is 2.08 bits per heavy atom. The molecule has 0 atom stereocenters. The summed E-state index contributed by atoms with van der Waals surface area (Å²) in [6.45, 7) is 4.18. The first-order chi connectivity index (χ1) is 11.9. The number of carbonyl (C=O) groups excluding carboxylic acids is 1. The van der Waals surface area contributed by atoms with Gasteiger partial charge in [-0.1, -0.05) is 0 Å². The van der Waals surface area contributed by atoms with E-state index < -0.39 is 0 Å². The maximum absolute atomic E-state index is 13.5. The molecular formula is C18H20FN5O. The smallest absolute Gasteiger partial charge is 0.267 e. The number of anilines is 2. The van der Waals surface area contributed by atoms with E-state index in [0.29, 0.717) is 29.5 Å². The number of nitrogens with zero attached hydrogens (tertiary/aromatic N) is 5. The van der Waals surface area contributed by atoms with Crippen molar-refractivity contribution in [3.05, 3.63) is 41.6 Å². The molecular weight excluding hydrogens is 321 g/mol. The van der Waals surface area contributed by atoms with Crippen molar-refractivity contribution in [2.24, 2.45) is 4.99 Å². The summed E-state index contributed by atoms with van der Waals surface area (Å²) in [7, 11) is 3.36. The number of fused-ring (bicyclic) bond motifs is 1. The summed E-state index contributed by atoms with van der Waals surface area (Å²) < 4.78 is 13.5. The highest BCUT2D eigenvalue weighted by Gasteiger charge is 2.25. The Kier molecular flexibility index (Phi) is 4.48. The molecule has 0 radical (unpaired) electrons. The largest absolute Gasteiger partial charge is 0.344 e. The Hall–Kier alpha value is -2.83. The average Bonchev–Trinajstić information content (AvgIpc) is 2.98. The molecule has 0 unspecified atom stereocenters. The summed E-state index contributed by atoms with van der Waals surface area (Å²) in [4.78, 5) is 28.7. The molecule has 0 aliphatic carbocycles. The van der Waals surface area contributed by atoms with Crippen LogP contribution in [0.5, 0.6) is 0 Å². The van der Waals surface area contributed by atoms with E-state index >= 15 is 0 Å². The summed E-state index contributed by atoms with van der Waals surface area (Å²) in [5.41, 5.74) is 3.46. The van der Waals surface area contributed by atoms with E-state index in [0.717, 1.165) is 17.7 Å². The van der Waals surface area contributed by atoms with Gasteiger partial charge in [0.2, 0.25) is 0 Å². The molecule has 1 aliphatic rings. The zero-order valence-electron chi connectivity index (χ0n) is 14.7. The van der Waals surface area contributed by atoms with Gasteiger partial charge in [0.05, 0.1) is 5.69 Å². The molecule has 130 valence electrons. The van der Waals surface area contributed by atoms with Gasteiger partial charge in [0.1, 0.15) is 23.5 Å². The van der Waals surface area contributed by atoms with E-state index in [9.17, 15) is 9.18 Å². The van der Waals surface area contributed by atoms with Crippen molar-refractivity contribution in [1.82, 2.24) is 14.9 Å². The van der Waals surface area contributed by atoms with Gasteiger partial charge in [0.25, 0.3) is 5.91 Å². The monoisotopic (exact) mass is 341 g/mol. The number of aryl methyl sites for hydroxylation is 1. The molecule has 1 amide bonds. The molecule has 0 bridgehead atoms. The van der Waals surface area contributed by atoms with Crippen molar-refractivity contribution in [3.8, 4) is 0 Å². The van der Waals surface area contributed by atoms with Gasteiger partial charge in [0, 0.05) is 26.3 Å². The Morgan fingerprint density at radius 1 is 1.32 bits per heavy atom. The molecule has 25 heavy (non-hydrogen) atoms. The Balaban J connectivity index is 2.07. The fourth-order valence-electron chi connectivity index (χ4n) is 2.91. The average molecular weight is 341 g/mol. The van der Waals surface area contributed by atoms with Gasteiger partial charge in [-0.3, -0.25) is 4.79 Å². The first-order valence-corrected chi connectivity index (χ1v) is 8.03. The van der Waals surface area contributed by atoms with Crippen molar-refractivity contribution in [2.45, 2.75) is 20.3 Å². The molecule has 0 spiro atoms. The van der Waals surface area contributed by atoms with Gasteiger partial charge in [0.15, 0.2) is 5.82 Å². The second-order valence-electron chi connectivity index (χ2n) is 6.20. The van der Waals surface area contributed by atoms with Crippen LogP contribution in [0.15, 0.2) is 29.5 Å². The second-order valence-corrected chi connectivity index (χ2v) is 6.20. The number of hydrogen-bond acceptors (Lipinski definition) is 5. The van der Waals surface area contributed by atoms with Crippen LogP contribution in [0.4, 0.5) is 21.6 Å². The molecule has 2 aromatic rings. The number of halogens is 1. The zero-order chi connectivity index (χ0) is 18.1. The minimum Gasteiger partial charge on any atom is -0.344 e. The predicted octanol–water partition coefficient (Wildman–Crippen LogP) is 2.80. The second kappa shape index (κ2) is 6.58. The summed E-state index contributed by atoms with van der Waals surface area (Å²) in [6.07, 6.45) is 2.21. The highest BCUT2D eigenvalue weighted by Crippen LogP contribution is 2.39. The van der Waals surface area contributed by atoms with Gasteiger partial charge in [-0.25, -0.2) is 19.4 Å². The fourth-order valence-corrected chi connectivity index (χ4v) is 2.91. The van der Waals surface area contributed by atoms with Crippen LogP contribution in [0.25, 0.3) is 0 Å². The third-order valence-electron chi connectivity index (χ3n) is 4.17. The van der Waals surface area contributed by atoms with Crippen LogP contribution in [0.1, 0.15) is 18.2 Å². The molecule has 7 heteroatoms. The summed E-state index contributed by atoms with van der Waals surface area (Å²) in [6, 6.07) is 4.74. The lowest BCUT2D eigenvalue weighted by molar-refractivity contribution is -0.121. The van der Waals surface area contributed by atoms with Gasteiger partial charge in [-0.2, -0.15) is 0 Å². The third-order valence-corrected chi connectivity index (χ3v) is 4.17. The van der Waals surface area contributed by atoms with Crippen LogP contribution in [0, 0.1) is 12.7 Å². The molecule has 3 rings (SSSR count). The molecule has 1 aromatic carbocycles. The van der Waals surface area contributed by atoms with Crippen molar-refractivity contribution in [3.63, 3.8) is 0 Å². The maximum atomic E-state index is 13.5. The van der Waals surface area contributed by atoms with Crippen molar-refractivity contribution in [1.29, 1.82) is 0 Å². The molecule has 0 saturated heterocycles. The quantitative estimate of drug-likeness (QED) is 0.806. The Labute approximate surface area is 146 Å². The highest BCUT2D eigenvalue weighted by molar-refractivity contribution is 6.38. The van der Waals surface area contributed by atoms with E-state index in [2.05, 4.69) is 15.0 Å². The summed E-state index contributed by atoms with van der Waals surface area (Å²) >= 11 is 0. The molecule has 1 aliphatic heterocycles. The maximum Gasteiger partial charge on any atom is 0.267 e. The number of rotatable bonds is 3. The zero-order valence-corrected chi connectivity index (χ0v) is 14.7. The van der Waals surface area contributed by atoms with Gasteiger partial charge in [-0.15, -0.1) is 0 Å². The molecule has 0 fully saturated rings. The topological polar surface area (TPSA) is 61.7 Å². The van der Waals surface area contributed by atoms with E-state index in [-0.39, 0.29) is 11.7 Å². The minimum atomic E-state index is -0.245. The lowest BCUT2D eigenvalue weighted by atomic mass is 10.1. The molecule has 2 heterocycles. The number of carbonyl (C=O) groups is 1. The van der Waals surface area contributed by atoms with Crippen LogP contribution < -0.4 is 4.90 Å². The van der Waals surface area contributed by atoms with Gasteiger partial charge in [-0.05, 0) is 44.0 Å². The molecule has 6 nitrogen and oxygen atoms in total. The van der Waals surface area contributed by atoms with E-state index in [1.807, 2.05) is 11.8 Å². The van der Waals surface area contributed by atoms with E-state index in [1.54, 1.807) is 33.2 Å². The summed E-state index contributed by atoms with van der Waals surface area (Å²) in [5.74, 6) is 0.215. The first-order valence-electron chi connectivity index (χ1n) is 8.03. The van der Waals surface area contributed by atoms with Gasteiger partial charge < -0.3 is 9.80 Å². The highest BCUT2D eigenvalue weighted by atomic mass is 19.1. The first kappa shape index (κ1) is 17.0. The number of hydrogen-bond donors (Lipinski definition) is 0.